The van der Waals surface area contributed by atoms with E-state index in [1.54, 1.807) is 7.11 Å². The van der Waals surface area contributed by atoms with Crippen molar-refractivity contribution in [1.82, 2.24) is 0 Å². The van der Waals surface area contributed by atoms with Crippen LogP contribution >= 0.6 is 0 Å². The van der Waals surface area contributed by atoms with Gasteiger partial charge in [-0.1, -0.05) is 44.6 Å². The quantitative estimate of drug-likeness (QED) is 0.626. The number of rotatable bonds is 6. The Balaban J connectivity index is 2.83. The van der Waals surface area contributed by atoms with E-state index < -0.39 is 5.60 Å². The Labute approximate surface area is 106 Å². The van der Waals surface area contributed by atoms with Crippen LogP contribution < -0.4 is 0 Å². The average Bonchev–Trinajstić information content (AvgIpc) is 2.52. The fraction of sp³-hybridized carbons (Fsp3) is 0.625. The Morgan fingerprint density at radius 2 is 1.94 bits per heavy atom. The van der Waals surface area contributed by atoms with Gasteiger partial charge in [-0.3, -0.25) is 0 Å². The van der Waals surface area contributed by atoms with Crippen LogP contribution in [0.2, 0.25) is 0 Å². The Kier molecular flexibility index (Phi) is 5.51. The van der Waals surface area contributed by atoms with E-state index in [0.29, 0.717) is 5.92 Å². The summed E-state index contributed by atoms with van der Waals surface area (Å²) in [6.07, 6.45) is 11.3. The molecule has 1 atom stereocenters. The van der Waals surface area contributed by atoms with E-state index in [-0.39, 0.29) is 0 Å². The molecule has 1 heteroatoms. The van der Waals surface area contributed by atoms with E-state index in [2.05, 4.69) is 43.9 Å². The van der Waals surface area contributed by atoms with Gasteiger partial charge in [0.05, 0.1) is 0 Å². The van der Waals surface area contributed by atoms with Crippen molar-refractivity contribution in [2.75, 3.05) is 7.11 Å². The molecule has 0 aliphatic heterocycles. The molecule has 0 aromatic heterocycles. The second-order valence-corrected chi connectivity index (χ2v) is 4.83. The normalized spacial score (nSPS) is 23.0. The summed E-state index contributed by atoms with van der Waals surface area (Å²) in [5.41, 5.74) is 0.934. The summed E-state index contributed by atoms with van der Waals surface area (Å²) in [6, 6.07) is 0. The molecule has 0 bridgehead atoms. The van der Waals surface area contributed by atoms with Gasteiger partial charge in [-0.15, -0.1) is 0 Å². The monoisotopic (exact) mass is 232 g/mol. The molecule has 0 N–H and O–H groups in total. The van der Waals surface area contributed by atoms with Gasteiger partial charge >= 0.3 is 0 Å². The molecular formula is C16H24O. The molecule has 1 aliphatic rings. The third kappa shape index (κ3) is 4.06. The number of ether oxygens (including phenoxy) is 1. The molecule has 0 aromatic rings. The van der Waals surface area contributed by atoms with Gasteiger partial charge in [0, 0.05) is 7.11 Å². The molecule has 0 saturated heterocycles. The lowest BCUT2D eigenvalue weighted by Crippen LogP contribution is -2.21. The summed E-state index contributed by atoms with van der Waals surface area (Å²) in [7, 11) is 1.71. The van der Waals surface area contributed by atoms with Crippen LogP contribution in [0.25, 0.3) is 0 Å². The lowest BCUT2D eigenvalue weighted by molar-refractivity contribution is 0.0991. The molecule has 17 heavy (non-hydrogen) atoms. The molecule has 1 nitrogen and oxygen atoms in total. The van der Waals surface area contributed by atoms with E-state index >= 15 is 0 Å². The summed E-state index contributed by atoms with van der Waals surface area (Å²) in [6.45, 7) is 6.49. The van der Waals surface area contributed by atoms with Gasteiger partial charge < -0.3 is 4.74 Å². The Morgan fingerprint density at radius 1 is 1.29 bits per heavy atom. The highest BCUT2D eigenvalue weighted by atomic mass is 16.5. The third-order valence-corrected chi connectivity index (χ3v) is 3.32. The fourth-order valence-electron chi connectivity index (χ4n) is 2.16. The smallest absolute Gasteiger partial charge is 0.144 e. The topological polar surface area (TPSA) is 9.23 Å². The maximum Gasteiger partial charge on any atom is 0.144 e. The Morgan fingerprint density at radius 3 is 2.47 bits per heavy atom. The SMILES string of the molecule is CCCC(CCC)C1=CC#CC(C)(OC)C=C1. The fourth-order valence-corrected chi connectivity index (χ4v) is 2.16. The summed E-state index contributed by atoms with van der Waals surface area (Å²) >= 11 is 0. The predicted molar refractivity (Wildman–Crippen MR) is 73.7 cm³/mol. The van der Waals surface area contributed by atoms with Crippen molar-refractivity contribution < 1.29 is 4.74 Å². The lowest BCUT2D eigenvalue weighted by atomic mass is 9.89. The van der Waals surface area contributed by atoms with Crippen molar-refractivity contribution in [1.29, 1.82) is 0 Å². The van der Waals surface area contributed by atoms with E-state index in [1.807, 2.05) is 6.92 Å². The predicted octanol–water partition coefficient (Wildman–Crippen LogP) is 4.11. The van der Waals surface area contributed by atoms with E-state index in [4.69, 9.17) is 4.74 Å². The molecule has 0 aromatic carbocycles. The van der Waals surface area contributed by atoms with Gasteiger partial charge in [-0.25, -0.2) is 0 Å². The van der Waals surface area contributed by atoms with Crippen molar-refractivity contribution in [2.45, 2.75) is 52.1 Å². The van der Waals surface area contributed by atoms with Crippen molar-refractivity contribution in [3.05, 3.63) is 23.8 Å². The highest BCUT2D eigenvalue weighted by Crippen LogP contribution is 2.26. The first-order valence-corrected chi connectivity index (χ1v) is 6.62. The maximum absolute atomic E-state index is 5.41. The maximum atomic E-state index is 5.41. The molecule has 94 valence electrons. The summed E-state index contributed by atoms with van der Waals surface area (Å²) in [4.78, 5) is 0. The number of hydrogen-bond donors (Lipinski definition) is 0. The van der Waals surface area contributed by atoms with Crippen LogP contribution in [0, 0.1) is 17.8 Å². The molecular weight excluding hydrogens is 208 g/mol. The summed E-state index contributed by atoms with van der Waals surface area (Å²) in [5, 5.41) is 0. The lowest BCUT2D eigenvalue weighted by Gasteiger charge is -2.18. The average molecular weight is 232 g/mol. The van der Waals surface area contributed by atoms with Gasteiger partial charge in [0.15, 0.2) is 0 Å². The zero-order valence-electron chi connectivity index (χ0n) is 11.5. The molecule has 0 amide bonds. The van der Waals surface area contributed by atoms with E-state index in [1.165, 1.54) is 31.3 Å². The zero-order valence-corrected chi connectivity index (χ0v) is 11.5. The molecule has 0 radical (unpaired) electrons. The van der Waals surface area contributed by atoms with Gasteiger partial charge in [0.25, 0.3) is 0 Å². The van der Waals surface area contributed by atoms with Crippen LogP contribution in [0.3, 0.4) is 0 Å². The largest absolute Gasteiger partial charge is 0.362 e. The van der Waals surface area contributed by atoms with E-state index in [0.717, 1.165) is 0 Å². The second-order valence-electron chi connectivity index (χ2n) is 4.83. The minimum atomic E-state index is -0.429. The highest BCUT2D eigenvalue weighted by molar-refractivity contribution is 5.39. The van der Waals surface area contributed by atoms with Crippen molar-refractivity contribution in [3.8, 4) is 11.8 Å². The Hall–Kier alpha value is -1.00. The van der Waals surface area contributed by atoms with Crippen molar-refractivity contribution in [3.63, 3.8) is 0 Å². The van der Waals surface area contributed by atoms with E-state index in [9.17, 15) is 0 Å². The van der Waals surface area contributed by atoms with Crippen molar-refractivity contribution >= 4 is 0 Å². The standard InChI is InChI=1S/C16H24O/c1-5-8-14(9-6-2)15-10-7-12-16(3,17-4)13-11-15/h10-11,13-14H,5-6,8-9H2,1-4H3. The molecule has 0 spiro atoms. The molecule has 0 heterocycles. The Bertz CT molecular complexity index is 347. The minimum absolute atomic E-state index is 0.429. The molecule has 1 aliphatic carbocycles. The van der Waals surface area contributed by atoms with Crippen LogP contribution in [-0.2, 0) is 4.74 Å². The molecule has 1 unspecified atom stereocenters. The molecule has 1 rings (SSSR count). The first kappa shape index (κ1) is 14.1. The van der Waals surface area contributed by atoms with Gasteiger partial charge in [0.1, 0.15) is 5.60 Å². The van der Waals surface area contributed by atoms with Crippen LogP contribution in [-0.4, -0.2) is 12.7 Å². The summed E-state index contributed by atoms with van der Waals surface area (Å²) in [5.74, 6) is 6.93. The van der Waals surface area contributed by atoms with Crippen molar-refractivity contribution in [2.24, 2.45) is 5.92 Å². The van der Waals surface area contributed by atoms with Gasteiger partial charge in [-0.05, 0) is 43.4 Å². The number of hydrogen-bond acceptors (Lipinski definition) is 1. The first-order chi connectivity index (χ1) is 8.15. The highest BCUT2D eigenvalue weighted by Gasteiger charge is 2.19. The first-order valence-electron chi connectivity index (χ1n) is 6.62. The third-order valence-electron chi connectivity index (χ3n) is 3.32. The molecule has 0 saturated carbocycles. The second kappa shape index (κ2) is 6.67. The van der Waals surface area contributed by atoms with Crippen LogP contribution in [0.15, 0.2) is 23.8 Å². The van der Waals surface area contributed by atoms with Gasteiger partial charge in [-0.2, -0.15) is 0 Å². The van der Waals surface area contributed by atoms with Gasteiger partial charge in [0.2, 0.25) is 0 Å². The summed E-state index contributed by atoms with van der Waals surface area (Å²) < 4.78 is 5.41. The van der Waals surface area contributed by atoms with Crippen LogP contribution in [0.5, 0.6) is 0 Å². The van der Waals surface area contributed by atoms with Crippen LogP contribution in [0.1, 0.15) is 46.5 Å². The molecule has 0 fully saturated rings. The zero-order chi connectivity index (χ0) is 12.7. The van der Waals surface area contributed by atoms with Crippen LogP contribution in [0.4, 0.5) is 0 Å². The number of allylic oxidation sites excluding steroid dienone is 3. The number of methoxy groups -OCH3 is 1. The minimum Gasteiger partial charge on any atom is -0.362 e.